The molecule has 2 aromatic carbocycles. The van der Waals surface area contributed by atoms with Crippen molar-refractivity contribution in [2.75, 3.05) is 0 Å². The predicted molar refractivity (Wildman–Crippen MR) is 87.7 cm³/mol. The summed E-state index contributed by atoms with van der Waals surface area (Å²) in [6.45, 7) is 3.82. The molecule has 3 rings (SSSR count). The van der Waals surface area contributed by atoms with E-state index in [0.29, 0.717) is 5.92 Å². The summed E-state index contributed by atoms with van der Waals surface area (Å²) >= 11 is 0. The van der Waals surface area contributed by atoms with Gasteiger partial charge in [-0.2, -0.15) is 0 Å². The van der Waals surface area contributed by atoms with Gasteiger partial charge in [0.2, 0.25) is 0 Å². The number of hydrogen-bond donors (Lipinski definition) is 0. The first-order valence-corrected chi connectivity index (χ1v) is 7.33. The Bertz CT molecular complexity index is 617. The van der Waals surface area contributed by atoms with Gasteiger partial charge in [0.1, 0.15) is 0 Å². The van der Waals surface area contributed by atoms with E-state index in [0.717, 1.165) is 12.8 Å². The van der Waals surface area contributed by atoms with E-state index in [1.165, 1.54) is 28.7 Å². The first kappa shape index (κ1) is 12.9. The summed E-state index contributed by atoms with van der Waals surface area (Å²) in [7, 11) is 0. The summed E-state index contributed by atoms with van der Waals surface area (Å²) < 4.78 is 0. The fourth-order valence-corrected chi connectivity index (χ4v) is 2.95. The molecule has 1 aliphatic carbocycles. The fourth-order valence-electron chi connectivity index (χ4n) is 2.95. The van der Waals surface area contributed by atoms with Gasteiger partial charge in [-0.1, -0.05) is 73.3 Å². The summed E-state index contributed by atoms with van der Waals surface area (Å²) in [5, 5.41) is 0. The third-order valence-corrected chi connectivity index (χ3v) is 4.14. The molecule has 0 heteroatoms. The van der Waals surface area contributed by atoms with E-state index in [4.69, 9.17) is 0 Å². The summed E-state index contributed by atoms with van der Waals surface area (Å²) in [6, 6.07) is 17.6. The maximum atomic E-state index is 3.82. The van der Waals surface area contributed by atoms with Crippen molar-refractivity contribution in [1.29, 1.82) is 0 Å². The molecule has 0 heterocycles. The van der Waals surface area contributed by atoms with Gasteiger partial charge >= 0.3 is 0 Å². The molecular weight excluding hydrogens is 240 g/mol. The lowest BCUT2D eigenvalue weighted by Crippen LogP contribution is -2.05. The van der Waals surface area contributed by atoms with Gasteiger partial charge in [0.15, 0.2) is 0 Å². The average molecular weight is 260 g/mol. The largest absolute Gasteiger partial charge is 0.0985 e. The van der Waals surface area contributed by atoms with Crippen molar-refractivity contribution in [3.63, 3.8) is 0 Å². The van der Waals surface area contributed by atoms with Crippen molar-refractivity contribution < 1.29 is 0 Å². The summed E-state index contributed by atoms with van der Waals surface area (Å²) in [4.78, 5) is 0. The molecule has 0 nitrogen and oxygen atoms in total. The fraction of sp³-hybridized carbons (Fsp3) is 0.200. The Morgan fingerprint density at radius 3 is 2.60 bits per heavy atom. The molecule has 0 radical (unpaired) electrons. The molecule has 0 saturated carbocycles. The van der Waals surface area contributed by atoms with Gasteiger partial charge in [-0.15, -0.1) is 0 Å². The topological polar surface area (TPSA) is 0 Å². The van der Waals surface area contributed by atoms with Gasteiger partial charge in [0.25, 0.3) is 0 Å². The second-order valence-corrected chi connectivity index (χ2v) is 5.45. The van der Waals surface area contributed by atoms with Crippen LogP contribution >= 0.6 is 0 Å². The van der Waals surface area contributed by atoms with E-state index in [1.807, 2.05) is 6.08 Å². The van der Waals surface area contributed by atoms with Crippen LogP contribution in [0.25, 0.3) is 12.2 Å². The van der Waals surface area contributed by atoms with Gasteiger partial charge in [0, 0.05) is 0 Å². The van der Waals surface area contributed by atoms with Crippen LogP contribution in [-0.4, -0.2) is 0 Å². The molecule has 1 aliphatic rings. The number of rotatable bonds is 2. The molecule has 2 aromatic rings. The number of allylic oxidation sites excluding steroid dienone is 1. The van der Waals surface area contributed by atoms with Gasteiger partial charge < -0.3 is 0 Å². The maximum absolute atomic E-state index is 3.82. The first-order chi connectivity index (χ1) is 9.86. The Kier molecular flexibility index (Phi) is 3.83. The molecular formula is C20H20. The highest BCUT2D eigenvalue weighted by Gasteiger charge is 2.14. The quantitative estimate of drug-likeness (QED) is 0.672. The molecule has 0 aliphatic heterocycles. The molecule has 0 aromatic heterocycles. The SMILES string of the molecule is C=Cc1ccc(C2CCC=Cc3ccccc3C2)cc1. The first-order valence-electron chi connectivity index (χ1n) is 7.33. The lowest BCUT2D eigenvalue weighted by Gasteiger charge is -2.20. The van der Waals surface area contributed by atoms with Crippen LogP contribution in [0.5, 0.6) is 0 Å². The third kappa shape index (κ3) is 2.75. The van der Waals surface area contributed by atoms with E-state index in [9.17, 15) is 0 Å². The normalized spacial score (nSPS) is 17.9. The Hall–Kier alpha value is -2.08. The highest BCUT2D eigenvalue weighted by atomic mass is 14.2. The zero-order valence-corrected chi connectivity index (χ0v) is 11.8. The van der Waals surface area contributed by atoms with Crippen molar-refractivity contribution in [3.8, 4) is 0 Å². The molecule has 20 heavy (non-hydrogen) atoms. The van der Waals surface area contributed by atoms with Gasteiger partial charge in [0.05, 0.1) is 0 Å². The third-order valence-electron chi connectivity index (χ3n) is 4.14. The molecule has 1 atom stereocenters. The summed E-state index contributed by atoms with van der Waals surface area (Å²) in [6.07, 6.45) is 9.99. The highest BCUT2D eigenvalue weighted by molar-refractivity contribution is 5.55. The number of fused-ring (bicyclic) bond motifs is 1. The van der Waals surface area contributed by atoms with Crippen LogP contribution < -0.4 is 0 Å². The maximum Gasteiger partial charge on any atom is -0.0118 e. The zero-order valence-electron chi connectivity index (χ0n) is 11.8. The molecule has 0 bridgehead atoms. The highest BCUT2D eigenvalue weighted by Crippen LogP contribution is 2.30. The van der Waals surface area contributed by atoms with E-state index in [1.54, 1.807) is 0 Å². The Labute approximate surface area is 121 Å². The van der Waals surface area contributed by atoms with Crippen molar-refractivity contribution in [1.82, 2.24) is 0 Å². The minimum absolute atomic E-state index is 0.611. The van der Waals surface area contributed by atoms with E-state index < -0.39 is 0 Å². The lowest BCUT2D eigenvalue weighted by atomic mass is 9.85. The summed E-state index contributed by atoms with van der Waals surface area (Å²) in [5.41, 5.74) is 5.47. The van der Waals surface area contributed by atoms with Crippen LogP contribution in [0, 0.1) is 0 Å². The van der Waals surface area contributed by atoms with E-state index >= 15 is 0 Å². The predicted octanol–water partition coefficient (Wildman–Crippen LogP) is 5.46. The van der Waals surface area contributed by atoms with Crippen LogP contribution in [0.4, 0.5) is 0 Å². The Balaban J connectivity index is 1.90. The smallest absolute Gasteiger partial charge is 0.0118 e. The van der Waals surface area contributed by atoms with Crippen LogP contribution in [0.2, 0.25) is 0 Å². The van der Waals surface area contributed by atoms with Gasteiger partial charge in [-0.25, -0.2) is 0 Å². The Morgan fingerprint density at radius 2 is 1.80 bits per heavy atom. The van der Waals surface area contributed by atoms with Crippen LogP contribution in [0.1, 0.15) is 41.0 Å². The number of hydrogen-bond acceptors (Lipinski definition) is 0. The Morgan fingerprint density at radius 1 is 1.00 bits per heavy atom. The van der Waals surface area contributed by atoms with Crippen molar-refractivity contribution in [2.45, 2.75) is 25.2 Å². The van der Waals surface area contributed by atoms with Crippen LogP contribution in [-0.2, 0) is 6.42 Å². The second-order valence-electron chi connectivity index (χ2n) is 5.45. The van der Waals surface area contributed by atoms with Gasteiger partial charge in [-0.05, 0) is 47.4 Å². The lowest BCUT2D eigenvalue weighted by molar-refractivity contribution is 0.626. The molecule has 0 spiro atoms. The standard InChI is InChI=1S/C20H20/c1-2-16-11-13-18(14-12-16)20-10-6-4-8-17-7-3-5-9-19(17)15-20/h2-5,7-9,11-14,20H,1,6,10,15H2. The molecule has 1 unspecified atom stereocenters. The molecule has 0 fully saturated rings. The van der Waals surface area contributed by atoms with E-state index in [2.05, 4.69) is 67.3 Å². The molecule has 100 valence electrons. The minimum atomic E-state index is 0.611. The molecule has 0 saturated heterocycles. The minimum Gasteiger partial charge on any atom is -0.0985 e. The van der Waals surface area contributed by atoms with Crippen LogP contribution in [0.15, 0.2) is 61.2 Å². The summed E-state index contributed by atoms with van der Waals surface area (Å²) in [5.74, 6) is 0.611. The zero-order chi connectivity index (χ0) is 13.8. The average Bonchev–Trinajstić information content (AvgIpc) is 2.48. The monoisotopic (exact) mass is 260 g/mol. The molecule has 0 N–H and O–H groups in total. The van der Waals surface area contributed by atoms with Crippen molar-refractivity contribution >= 4 is 12.2 Å². The van der Waals surface area contributed by atoms with Crippen molar-refractivity contribution in [2.24, 2.45) is 0 Å². The molecule has 0 amide bonds. The number of benzene rings is 2. The van der Waals surface area contributed by atoms with Gasteiger partial charge in [-0.3, -0.25) is 0 Å². The van der Waals surface area contributed by atoms with Crippen molar-refractivity contribution in [3.05, 3.63) is 83.4 Å². The second kappa shape index (κ2) is 5.92. The van der Waals surface area contributed by atoms with Crippen LogP contribution in [0.3, 0.4) is 0 Å². The van der Waals surface area contributed by atoms with E-state index in [-0.39, 0.29) is 0 Å².